The average molecular weight is 320 g/mol. The molecule has 1 saturated carbocycles. The molecule has 1 aromatic rings. The van der Waals surface area contributed by atoms with Gasteiger partial charge in [-0.15, -0.1) is 0 Å². The normalized spacial score (nSPS) is 22.3. The first-order chi connectivity index (χ1) is 9.94. The Kier molecular flexibility index (Phi) is 5.21. The first kappa shape index (κ1) is 16.2. The second-order valence-corrected chi connectivity index (χ2v) is 6.46. The number of aromatic nitrogens is 1. The molecule has 21 heavy (non-hydrogen) atoms. The van der Waals surface area contributed by atoms with Gasteiger partial charge in [0.15, 0.2) is 0 Å². The van der Waals surface area contributed by atoms with Crippen LogP contribution < -0.4 is 16.6 Å². The van der Waals surface area contributed by atoms with E-state index in [1.807, 2.05) is 11.8 Å². The van der Waals surface area contributed by atoms with Crippen LogP contribution in [0, 0.1) is 0 Å². The van der Waals surface area contributed by atoms with E-state index in [9.17, 15) is 13.2 Å². The number of nitrogens with two attached hydrogens (primary N) is 1. The summed E-state index contributed by atoms with van der Waals surface area (Å²) in [6, 6.07) is 2.09. The molecule has 2 unspecified atom stereocenters. The molecule has 0 aliphatic heterocycles. The minimum atomic E-state index is -4.42. The van der Waals surface area contributed by atoms with Crippen LogP contribution in [-0.2, 0) is 6.18 Å². The Morgan fingerprint density at radius 2 is 2.05 bits per heavy atom. The monoisotopic (exact) mass is 320 g/mol. The van der Waals surface area contributed by atoms with E-state index in [1.165, 1.54) is 0 Å². The van der Waals surface area contributed by atoms with Crippen LogP contribution >= 0.6 is 11.8 Å². The fourth-order valence-corrected chi connectivity index (χ4v) is 3.73. The Balaban J connectivity index is 2.19. The number of nitrogen functional groups attached to an aromatic ring is 1. The quantitative estimate of drug-likeness (QED) is 0.573. The molecule has 0 amide bonds. The van der Waals surface area contributed by atoms with E-state index >= 15 is 0 Å². The molecule has 1 heterocycles. The Bertz CT molecular complexity index is 481. The second kappa shape index (κ2) is 6.74. The summed E-state index contributed by atoms with van der Waals surface area (Å²) in [6.07, 6.45) is -1.31. The summed E-state index contributed by atoms with van der Waals surface area (Å²) in [5.41, 5.74) is 1.43. The van der Waals surface area contributed by atoms with Gasteiger partial charge in [-0.05, 0) is 30.7 Å². The Labute approximate surface area is 126 Å². The Morgan fingerprint density at radius 3 is 2.67 bits per heavy atom. The third-order valence-electron chi connectivity index (χ3n) is 3.47. The molecule has 1 aromatic heterocycles. The van der Waals surface area contributed by atoms with Gasteiger partial charge < -0.3 is 10.7 Å². The predicted molar refractivity (Wildman–Crippen MR) is 80.2 cm³/mol. The Hall–Kier alpha value is -1.15. The molecule has 118 valence electrons. The van der Waals surface area contributed by atoms with E-state index in [1.54, 1.807) is 0 Å². The summed E-state index contributed by atoms with van der Waals surface area (Å²) in [4.78, 5) is 4.07. The number of anilines is 2. The minimum Gasteiger partial charge on any atom is -0.366 e. The van der Waals surface area contributed by atoms with E-state index in [0.717, 1.165) is 37.1 Å². The smallest absolute Gasteiger partial charge is 0.366 e. The topological polar surface area (TPSA) is 63.0 Å². The lowest BCUT2D eigenvalue weighted by Gasteiger charge is -2.21. The SMILES string of the molecule is CCSC1CCCC1Nc1cc(C(F)(F)F)cc(NN)n1. The summed E-state index contributed by atoms with van der Waals surface area (Å²) in [7, 11) is 0. The maximum atomic E-state index is 12.9. The van der Waals surface area contributed by atoms with E-state index in [0.29, 0.717) is 5.25 Å². The van der Waals surface area contributed by atoms with Gasteiger partial charge in [-0.25, -0.2) is 10.8 Å². The van der Waals surface area contributed by atoms with E-state index < -0.39 is 11.7 Å². The van der Waals surface area contributed by atoms with Crippen molar-refractivity contribution in [1.29, 1.82) is 0 Å². The zero-order chi connectivity index (χ0) is 15.5. The number of nitrogens with one attached hydrogen (secondary N) is 2. The van der Waals surface area contributed by atoms with Gasteiger partial charge in [-0.2, -0.15) is 24.9 Å². The number of hydrazine groups is 1. The highest BCUT2D eigenvalue weighted by molar-refractivity contribution is 7.99. The molecule has 0 aromatic carbocycles. The predicted octanol–water partition coefficient (Wildman–Crippen LogP) is 3.47. The van der Waals surface area contributed by atoms with Crippen molar-refractivity contribution in [2.24, 2.45) is 5.84 Å². The molecule has 8 heteroatoms. The van der Waals surface area contributed by atoms with E-state index in [2.05, 4.69) is 22.7 Å². The molecule has 2 rings (SSSR count). The summed E-state index contributed by atoms with van der Waals surface area (Å²) in [5.74, 6) is 6.42. The minimum absolute atomic E-state index is 0.00464. The maximum absolute atomic E-state index is 12.9. The summed E-state index contributed by atoms with van der Waals surface area (Å²) in [6.45, 7) is 2.08. The molecule has 0 saturated heterocycles. The molecular formula is C13H19F3N4S. The molecule has 4 N–H and O–H groups in total. The molecule has 4 nitrogen and oxygen atoms in total. The van der Waals surface area contributed by atoms with Gasteiger partial charge in [-0.3, -0.25) is 0 Å². The van der Waals surface area contributed by atoms with Gasteiger partial charge in [0.05, 0.1) is 5.56 Å². The second-order valence-electron chi connectivity index (χ2n) is 4.94. The van der Waals surface area contributed by atoms with Crippen LogP contribution in [-0.4, -0.2) is 22.0 Å². The number of rotatable bonds is 5. The van der Waals surface area contributed by atoms with Gasteiger partial charge in [0.1, 0.15) is 11.6 Å². The lowest BCUT2D eigenvalue weighted by atomic mass is 10.2. The first-order valence-corrected chi connectivity index (χ1v) is 7.93. The zero-order valence-electron chi connectivity index (χ0n) is 11.7. The van der Waals surface area contributed by atoms with Crippen molar-refractivity contribution >= 4 is 23.4 Å². The number of nitrogens with zero attached hydrogens (tertiary/aromatic N) is 1. The number of hydrogen-bond donors (Lipinski definition) is 3. The molecule has 0 radical (unpaired) electrons. The van der Waals surface area contributed by atoms with Gasteiger partial charge in [0.25, 0.3) is 0 Å². The maximum Gasteiger partial charge on any atom is 0.416 e. The number of thioether (sulfide) groups is 1. The average Bonchev–Trinajstić information content (AvgIpc) is 2.85. The van der Waals surface area contributed by atoms with Crippen molar-refractivity contribution < 1.29 is 13.2 Å². The van der Waals surface area contributed by atoms with Gasteiger partial charge in [0.2, 0.25) is 0 Å². The van der Waals surface area contributed by atoms with Gasteiger partial charge in [0, 0.05) is 11.3 Å². The molecule has 0 bridgehead atoms. The highest BCUT2D eigenvalue weighted by Crippen LogP contribution is 2.35. The molecule has 0 spiro atoms. The van der Waals surface area contributed by atoms with Gasteiger partial charge >= 0.3 is 6.18 Å². The van der Waals surface area contributed by atoms with Crippen LogP contribution in [0.2, 0.25) is 0 Å². The summed E-state index contributed by atoms with van der Waals surface area (Å²) < 4.78 is 38.6. The third kappa shape index (κ3) is 4.16. The van der Waals surface area contributed by atoms with Crippen LogP contribution in [0.4, 0.5) is 24.8 Å². The van der Waals surface area contributed by atoms with Crippen LogP contribution in [0.15, 0.2) is 12.1 Å². The van der Waals surface area contributed by atoms with Crippen molar-refractivity contribution in [2.75, 3.05) is 16.5 Å². The van der Waals surface area contributed by atoms with Crippen LogP contribution in [0.25, 0.3) is 0 Å². The fraction of sp³-hybridized carbons (Fsp3) is 0.615. The van der Waals surface area contributed by atoms with Gasteiger partial charge in [-0.1, -0.05) is 13.3 Å². The van der Waals surface area contributed by atoms with E-state index in [-0.39, 0.29) is 17.7 Å². The number of pyridine rings is 1. The van der Waals surface area contributed by atoms with Crippen molar-refractivity contribution in [1.82, 2.24) is 4.98 Å². The third-order valence-corrected chi connectivity index (χ3v) is 4.79. The summed E-state index contributed by atoms with van der Waals surface area (Å²) in [5, 5.41) is 3.55. The number of halogens is 3. The summed E-state index contributed by atoms with van der Waals surface area (Å²) >= 11 is 1.83. The molecule has 2 atom stereocenters. The first-order valence-electron chi connectivity index (χ1n) is 6.88. The van der Waals surface area contributed by atoms with Crippen LogP contribution in [0.3, 0.4) is 0 Å². The van der Waals surface area contributed by atoms with Crippen molar-refractivity contribution in [3.05, 3.63) is 17.7 Å². The highest BCUT2D eigenvalue weighted by Gasteiger charge is 2.33. The lowest BCUT2D eigenvalue weighted by molar-refractivity contribution is -0.137. The molecule has 1 aliphatic rings. The Morgan fingerprint density at radius 1 is 1.33 bits per heavy atom. The van der Waals surface area contributed by atoms with E-state index in [4.69, 9.17) is 5.84 Å². The number of alkyl halides is 3. The van der Waals surface area contributed by atoms with Crippen LogP contribution in [0.5, 0.6) is 0 Å². The molecule has 1 fully saturated rings. The van der Waals surface area contributed by atoms with Crippen LogP contribution in [0.1, 0.15) is 31.7 Å². The van der Waals surface area contributed by atoms with Crippen molar-refractivity contribution in [2.45, 2.75) is 43.7 Å². The fourth-order valence-electron chi connectivity index (χ4n) is 2.54. The lowest BCUT2D eigenvalue weighted by Crippen LogP contribution is -2.27. The molecular weight excluding hydrogens is 301 g/mol. The number of hydrogen-bond acceptors (Lipinski definition) is 5. The standard InChI is InChI=1S/C13H19F3N4S/c1-2-21-10-5-3-4-9(10)18-11-6-8(13(14,15)16)7-12(19-11)20-17/h6-7,9-10H,2-5,17H2,1H3,(H2,18,19,20). The molecule has 1 aliphatic carbocycles. The van der Waals surface area contributed by atoms with Crippen molar-refractivity contribution in [3.63, 3.8) is 0 Å². The zero-order valence-corrected chi connectivity index (χ0v) is 12.5. The highest BCUT2D eigenvalue weighted by atomic mass is 32.2. The largest absolute Gasteiger partial charge is 0.416 e. The van der Waals surface area contributed by atoms with Crippen molar-refractivity contribution in [3.8, 4) is 0 Å².